The minimum Gasteiger partial charge on any atom is -0.339 e. The van der Waals surface area contributed by atoms with Crippen LogP contribution in [-0.4, -0.2) is 18.8 Å². The van der Waals surface area contributed by atoms with Gasteiger partial charge < -0.3 is 19.6 Å². The summed E-state index contributed by atoms with van der Waals surface area (Å²) in [5.74, 6) is 3.72. The third-order valence-electron chi connectivity index (χ3n) is 32.3. The number of nitrogens with zero attached hydrogens (tertiary/aromatic N) is 4. The van der Waals surface area contributed by atoms with Gasteiger partial charge in [0.05, 0.1) is 11.4 Å². The van der Waals surface area contributed by atoms with Crippen molar-refractivity contribution in [3.8, 4) is 100 Å². The predicted molar refractivity (Wildman–Crippen MR) is 645 cm³/mol. The average molecular weight is 1940 g/mol. The van der Waals surface area contributed by atoms with Crippen LogP contribution in [0.1, 0.15) is 318 Å². The van der Waals surface area contributed by atoms with Gasteiger partial charge in [-0.3, -0.25) is 0 Å². The normalized spacial score (nSPS) is 13.9. The number of hydrogen-bond donors (Lipinski definition) is 0. The van der Waals surface area contributed by atoms with Crippen molar-refractivity contribution in [1.29, 1.82) is 0 Å². The molecule has 0 fully saturated rings. The molecule has 0 bridgehead atoms. The van der Waals surface area contributed by atoms with E-state index in [0.717, 1.165) is 90.0 Å². The third kappa shape index (κ3) is 19.7. The molecule has 2 heterocycles. The van der Waals surface area contributed by atoms with Crippen molar-refractivity contribution in [2.45, 2.75) is 269 Å². The van der Waals surface area contributed by atoms with E-state index in [1.54, 1.807) is 0 Å². The van der Waals surface area contributed by atoms with Crippen LogP contribution in [-0.2, 0) is 0 Å². The van der Waals surface area contributed by atoms with Gasteiger partial charge in [0.15, 0.2) is 0 Å². The lowest BCUT2D eigenvalue weighted by molar-refractivity contribution is 0.548. The Balaban J connectivity index is 0.948. The van der Waals surface area contributed by atoms with Gasteiger partial charge in [-0.15, -0.1) is 0 Å². The Morgan fingerprint density at radius 3 is 0.764 bits per heavy atom. The summed E-state index contributed by atoms with van der Waals surface area (Å²) in [6.45, 7) is 61.8. The molecule has 0 saturated carbocycles. The number of anilines is 10. The van der Waals surface area contributed by atoms with Gasteiger partial charge in [-0.25, -0.2) is 0 Å². The summed E-state index contributed by atoms with van der Waals surface area (Å²) in [6, 6.07) is 142. The van der Waals surface area contributed by atoms with Crippen LogP contribution < -0.4 is 30.5 Å². The van der Waals surface area contributed by atoms with Crippen molar-refractivity contribution in [2.24, 2.45) is 0 Å². The van der Waals surface area contributed by atoms with E-state index in [1.807, 2.05) is 0 Å². The molecule has 0 radical (unpaired) electrons. The fourth-order valence-electron chi connectivity index (χ4n) is 24.4. The van der Waals surface area contributed by atoms with Crippen LogP contribution in [0.25, 0.3) is 100 Å². The van der Waals surface area contributed by atoms with Crippen LogP contribution in [0.4, 0.5) is 56.9 Å². The monoisotopic (exact) mass is 1940 g/mol. The maximum Gasteiger partial charge on any atom is 0.224 e. The van der Waals surface area contributed by atoms with Gasteiger partial charge in [-0.1, -0.05) is 457 Å². The zero-order valence-electron chi connectivity index (χ0n) is 92.7. The van der Waals surface area contributed by atoms with E-state index >= 15 is 0 Å². The first-order valence-corrected chi connectivity index (χ1v) is 55.4. The highest BCUT2D eigenvalue weighted by atomic mass is 15.2. The molecule has 0 spiro atoms. The molecule has 5 heteroatoms. The highest BCUT2D eigenvalue weighted by Gasteiger charge is 2.53. The van der Waals surface area contributed by atoms with Gasteiger partial charge in [-0.2, -0.15) is 0 Å². The molecule has 0 saturated heterocycles. The lowest BCUT2D eigenvalue weighted by atomic mass is 9.28. The Kier molecular flexibility index (Phi) is 29.8. The molecule has 148 heavy (non-hydrogen) atoms. The Labute approximate surface area is 887 Å². The Morgan fingerprint density at radius 2 is 0.480 bits per heavy atom. The Bertz CT molecular complexity index is 7120. The first-order chi connectivity index (χ1) is 71.2. The van der Waals surface area contributed by atoms with Crippen molar-refractivity contribution in [2.75, 3.05) is 19.6 Å². The van der Waals surface area contributed by atoms with E-state index in [2.05, 4.69) is 564 Å². The Morgan fingerprint density at radius 1 is 0.216 bits per heavy atom. The lowest BCUT2D eigenvalue weighted by Gasteiger charge is -2.54. The predicted octanol–water partition coefficient (Wildman–Crippen LogP) is 41.2. The van der Waals surface area contributed by atoms with Gasteiger partial charge in [-0.05, 0) is 319 Å². The molecule has 19 rings (SSSR count). The largest absolute Gasteiger partial charge is 0.339 e. The molecular formula is C143H153BN4. The highest BCUT2D eigenvalue weighted by molar-refractivity contribution is 6.91. The molecule has 2 aliphatic heterocycles. The average Bonchev–Trinajstić information content (AvgIpc) is 0.684. The van der Waals surface area contributed by atoms with Crippen molar-refractivity contribution < 1.29 is 0 Å². The topological polar surface area (TPSA) is 13.0 Å². The zero-order chi connectivity index (χ0) is 104. The summed E-state index contributed by atoms with van der Waals surface area (Å²) < 4.78 is 0. The molecule has 0 aliphatic carbocycles. The summed E-state index contributed by atoms with van der Waals surface area (Å²) in [7, 11) is 0. The first kappa shape index (κ1) is 103. The maximum atomic E-state index is 2.87. The zero-order valence-corrected chi connectivity index (χ0v) is 92.7. The summed E-state index contributed by atoms with van der Waals surface area (Å²) in [5.41, 5.74) is 52.3. The van der Waals surface area contributed by atoms with E-state index in [0.29, 0.717) is 71.0 Å². The molecule has 748 valence electrons. The van der Waals surface area contributed by atoms with Gasteiger partial charge in [0.2, 0.25) is 6.71 Å². The maximum absolute atomic E-state index is 2.87. The van der Waals surface area contributed by atoms with Crippen molar-refractivity contribution in [3.63, 3.8) is 0 Å². The van der Waals surface area contributed by atoms with Crippen LogP contribution in [0, 0.1) is 0 Å². The smallest absolute Gasteiger partial charge is 0.224 e. The summed E-state index contributed by atoms with van der Waals surface area (Å²) in [4.78, 5) is 11.0. The molecule has 3 atom stereocenters. The van der Waals surface area contributed by atoms with Crippen LogP contribution in [0.2, 0.25) is 5.82 Å². The molecular weight excluding hydrogens is 1780 g/mol. The summed E-state index contributed by atoms with van der Waals surface area (Å²) in [6.07, 6.45) is 0. The first-order valence-electron chi connectivity index (χ1n) is 55.4. The van der Waals surface area contributed by atoms with Gasteiger partial charge >= 0.3 is 0 Å². The molecule has 2 aliphatic rings. The standard InChI is InChI=1S/C143H153BN4/c1-87(2)110-76-124(91(9)10)136(125(77-110)92(11)12)106-58-66-115(67-59-106)145(116-68-60-107(61-69-116)137-126(93(13)14)78-111(88(3)4)79-127(137)94(15)16)99(25)140-100(26)146(142-120(102-46-34-28-35-47-102)54-42-55-121(142)103-48-36-29-37-49-103)134-84-114(101-44-32-27-33-45-101)85-135-141(134)144(140)132-75-74-119(86-133(132)148(135)143-122(104-50-38-30-39-51-104)56-43-57-123(143)105-52-40-31-41-53-105)147(117-70-62-108(63-71-117)138-128(95(17)18)80-112(89(5)6)81-129(138)96(19)20)118-72-64-109(65-73-118)139-130(97(21)22)82-113(90(7)8)83-131(139)98(23)24/h27-100,140H,1-26H3/t99?,100?,140-/m1/s1. The van der Waals surface area contributed by atoms with Gasteiger partial charge in [0.25, 0.3) is 0 Å². The van der Waals surface area contributed by atoms with Gasteiger partial charge in [0.1, 0.15) is 0 Å². The van der Waals surface area contributed by atoms with Crippen molar-refractivity contribution in [1.82, 2.24) is 0 Å². The number of rotatable bonds is 30. The molecule has 0 N–H and O–H groups in total. The fraction of sp³-hybridized carbons (Fsp3) is 0.287. The van der Waals surface area contributed by atoms with Crippen LogP contribution in [0.3, 0.4) is 0 Å². The highest BCUT2D eigenvalue weighted by Crippen LogP contribution is 2.59. The number of fused-ring (bicyclic) bond motifs is 2. The molecule has 2 unspecified atom stereocenters. The van der Waals surface area contributed by atoms with E-state index in [1.165, 1.54) is 145 Å². The van der Waals surface area contributed by atoms with E-state index < -0.39 is 0 Å². The van der Waals surface area contributed by atoms with Gasteiger partial charge in [0, 0.05) is 79.8 Å². The van der Waals surface area contributed by atoms with Crippen LogP contribution >= 0.6 is 0 Å². The van der Waals surface area contributed by atoms with E-state index in [9.17, 15) is 0 Å². The number of para-hydroxylation sites is 2. The fourth-order valence-corrected chi connectivity index (χ4v) is 24.4. The molecule has 17 aromatic carbocycles. The van der Waals surface area contributed by atoms with Crippen LogP contribution in [0.15, 0.2) is 364 Å². The summed E-state index contributed by atoms with van der Waals surface area (Å²) in [5, 5.41) is 0. The second kappa shape index (κ2) is 43.1. The van der Waals surface area contributed by atoms with E-state index in [-0.39, 0.29) is 24.6 Å². The molecule has 0 aromatic heterocycles. The second-order valence-corrected chi connectivity index (χ2v) is 46.2. The SMILES string of the molecule is CC(C)c1cc(C(C)C)c(-c2ccc(N(c3ccc(-c4c(C(C)C)cc(C(C)C)cc4C(C)C)cc3)c3ccc4c(c3)N(c3c(-c5ccccc5)cccc3-c3ccccc3)c3cc(-c5ccccc5)cc5c3B4[C@H](C(C)N(c3ccc(-c4c(C(C)C)cc(C(C)C)cc4C(C)C)cc3)c3ccc(-c4c(C(C)C)cc(C(C)C)cc4C(C)C)cc3)C(C)N5c3c(-c4ccccc4)cccc3-c3ccccc3)cc2)c(C(C)C)c1. The Hall–Kier alpha value is -14.0. The molecule has 4 nitrogen and oxygen atoms in total. The molecule has 0 amide bonds. The van der Waals surface area contributed by atoms with E-state index in [4.69, 9.17) is 0 Å². The van der Waals surface area contributed by atoms with Crippen molar-refractivity contribution >= 4 is 74.5 Å². The van der Waals surface area contributed by atoms with Crippen LogP contribution in [0.5, 0.6) is 0 Å². The minimum absolute atomic E-state index is 0.212. The van der Waals surface area contributed by atoms with Crippen molar-refractivity contribution in [3.05, 3.63) is 431 Å². The molecule has 17 aromatic rings. The second-order valence-electron chi connectivity index (χ2n) is 46.2. The lowest BCUT2D eigenvalue weighted by Crippen LogP contribution is -2.65. The number of benzene rings is 17. The minimum atomic E-state index is -0.277. The third-order valence-corrected chi connectivity index (χ3v) is 32.3. The summed E-state index contributed by atoms with van der Waals surface area (Å²) >= 11 is 0. The quantitative estimate of drug-likeness (QED) is 0.0416. The number of hydrogen-bond acceptors (Lipinski definition) is 4.